The summed E-state index contributed by atoms with van der Waals surface area (Å²) in [5.74, 6) is 0. The minimum Gasteiger partial charge on any atom is -0.355 e. The SMILES string of the molecule is C1=CC=C(Nc2cccc3ccccc23)C=CC=1c1ccccc1. The molecule has 3 aromatic rings. The zero-order valence-corrected chi connectivity index (χ0v) is 13.2. The minimum atomic E-state index is 1.05. The topological polar surface area (TPSA) is 12.0 Å². The van der Waals surface area contributed by atoms with Crippen LogP contribution < -0.4 is 5.32 Å². The van der Waals surface area contributed by atoms with E-state index in [-0.39, 0.29) is 0 Å². The first-order valence-corrected chi connectivity index (χ1v) is 8.05. The summed E-state index contributed by atoms with van der Waals surface area (Å²) in [6.07, 6.45) is 8.22. The van der Waals surface area contributed by atoms with Crippen LogP contribution in [0.1, 0.15) is 5.56 Å². The van der Waals surface area contributed by atoms with Gasteiger partial charge in [0, 0.05) is 22.3 Å². The van der Waals surface area contributed by atoms with Crippen molar-refractivity contribution in [3.8, 4) is 0 Å². The molecule has 0 fully saturated rings. The van der Waals surface area contributed by atoms with Crippen LogP contribution in [0, 0.1) is 0 Å². The fraction of sp³-hybridized carbons (Fsp3) is 0. The second-order valence-electron chi connectivity index (χ2n) is 5.70. The van der Waals surface area contributed by atoms with Crippen LogP contribution in [0.15, 0.2) is 109 Å². The van der Waals surface area contributed by atoms with Crippen molar-refractivity contribution in [3.05, 3.63) is 114 Å². The van der Waals surface area contributed by atoms with E-state index in [1.54, 1.807) is 0 Å². The van der Waals surface area contributed by atoms with Crippen LogP contribution in [0.5, 0.6) is 0 Å². The van der Waals surface area contributed by atoms with Crippen molar-refractivity contribution in [1.82, 2.24) is 0 Å². The predicted molar refractivity (Wildman–Crippen MR) is 103 cm³/mol. The predicted octanol–water partition coefficient (Wildman–Crippen LogP) is 5.94. The van der Waals surface area contributed by atoms with Crippen LogP contribution in [0.2, 0.25) is 0 Å². The largest absolute Gasteiger partial charge is 0.355 e. The van der Waals surface area contributed by atoms with E-state index in [2.05, 4.69) is 77.8 Å². The van der Waals surface area contributed by atoms with Crippen LogP contribution in [0.3, 0.4) is 0 Å². The van der Waals surface area contributed by atoms with E-state index < -0.39 is 0 Å². The standard InChI is InChI=1S/C23H17N/c1-2-8-18(9-3-1)19-11-6-13-21(17-16-19)24-23-15-7-12-20-10-4-5-14-22(20)23/h1-10,12-17,24H. The van der Waals surface area contributed by atoms with Crippen LogP contribution in [0.4, 0.5) is 5.69 Å². The Hall–Kier alpha value is -3.28. The van der Waals surface area contributed by atoms with Gasteiger partial charge in [-0.1, -0.05) is 66.7 Å². The van der Waals surface area contributed by atoms with Gasteiger partial charge in [0.2, 0.25) is 0 Å². The van der Waals surface area contributed by atoms with E-state index in [0.717, 1.165) is 17.0 Å². The first-order valence-electron chi connectivity index (χ1n) is 8.05. The summed E-state index contributed by atoms with van der Waals surface area (Å²) in [4.78, 5) is 0. The van der Waals surface area contributed by atoms with E-state index >= 15 is 0 Å². The molecule has 0 unspecified atom stereocenters. The van der Waals surface area contributed by atoms with Gasteiger partial charge in [-0.2, -0.15) is 0 Å². The normalized spacial score (nSPS) is 13.3. The lowest BCUT2D eigenvalue weighted by atomic mass is 10.1. The molecule has 0 bridgehead atoms. The molecule has 0 atom stereocenters. The van der Waals surface area contributed by atoms with Gasteiger partial charge < -0.3 is 5.32 Å². The third kappa shape index (κ3) is 2.94. The fourth-order valence-electron chi connectivity index (χ4n) is 2.87. The van der Waals surface area contributed by atoms with Crippen LogP contribution >= 0.6 is 0 Å². The Morgan fingerprint density at radius 3 is 2.42 bits per heavy atom. The second kappa shape index (κ2) is 6.45. The Morgan fingerprint density at radius 2 is 1.50 bits per heavy atom. The van der Waals surface area contributed by atoms with E-state index in [1.807, 2.05) is 30.4 Å². The van der Waals surface area contributed by atoms with E-state index in [4.69, 9.17) is 0 Å². The summed E-state index contributed by atoms with van der Waals surface area (Å²) in [6, 6.07) is 25.0. The maximum atomic E-state index is 3.53. The molecule has 4 rings (SSSR count). The van der Waals surface area contributed by atoms with Crippen LogP contribution in [-0.4, -0.2) is 0 Å². The molecule has 1 nitrogen and oxygen atoms in total. The smallest absolute Gasteiger partial charge is 0.0463 e. The fourth-order valence-corrected chi connectivity index (χ4v) is 2.87. The maximum Gasteiger partial charge on any atom is 0.0463 e. The molecule has 1 N–H and O–H groups in total. The second-order valence-corrected chi connectivity index (χ2v) is 5.70. The Kier molecular flexibility index (Phi) is 3.85. The van der Waals surface area contributed by atoms with Crippen molar-refractivity contribution in [3.63, 3.8) is 0 Å². The lowest BCUT2D eigenvalue weighted by Gasteiger charge is -2.10. The molecule has 1 aliphatic carbocycles. The molecule has 0 saturated heterocycles. The average Bonchev–Trinajstić information content (AvgIpc) is 2.88. The van der Waals surface area contributed by atoms with Crippen molar-refractivity contribution < 1.29 is 0 Å². The van der Waals surface area contributed by atoms with Gasteiger partial charge in [0.25, 0.3) is 0 Å². The van der Waals surface area contributed by atoms with Crippen LogP contribution in [0.25, 0.3) is 16.3 Å². The molecule has 1 heteroatoms. The Bertz CT molecular complexity index is 995. The van der Waals surface area contributed by atoms with Crippen molar-refractivity contribution >= 4 is 22.0 Å². The summed E-state index contributed by atoms with van der Waals surface area (Å²) in [6.45, 7) is 0. The zero-order chi connectivity index (χ0) is 16.2. The molecule has 0 saturated carbocycles. The highest BCUT2D eigenvalue weighted by Crippen LogP contribution is 2.25. The molecule has 24 heavy (non-hydrogen) atoms. The molecular weight excluding hydrogens is 290 g/mol. The highest BCUT2D eigenvalue weighted by atomic mass is 14.9. The molecule has 3 aromatic carbocycles. The monoisotopic (exact) mass is 307 g/mol. The van der Waals surface area contributed by atoms with Crippen molar-refractivity contribution in [2.24, 2.45) is 0 Å². The molecule has 0 heterocycles. The minimum absolute atomic E-state index is 1.05. The van der Waals surface area contributed by atoms with E-state index in [9.17, 15) is 0 Å². The molecule has 1 aliphatic rings. The lowest BCUT2D eigenvalue weighted by molar-refractivity contribution is 1.50. The first kappa shape index (κ1) is 14.3. The van der Waals surface area contributed by atoms with Gasteiger partial charge in [-0.25, -0.2) is 0 Å². The molecular formula is C23H17N. The lowest BCUT2D eigenvalue weighted by Crippen LogP contribution is -1.97. The molecule has 0 amide bonds. The summed E-state index contributed by atoms with van der Waals surface area (Å²) in [5.41, 5.74) is 7.75. The molecule has 0 aliphatic heterocycles. The summed E-state index contributed by atoms with van der Waals surface area (Å²) in [5, 5.41) is 5.98. The quantitative estimate of drug-likeness (QED) is 0.590. The summed E-state index contributed by atoms with van der Waals surface area (Å²) >= 11 is 0. The van der Waals surface area contributed by atoms with Gasteiger partial charge >= 0.3 is 0 Å². The van der Waals surface area contributed by atoms with Crippen molar-refractivity contribution in [2.45, 2.75) is 0 Å². The van der Waals surface area contributed by atoms with Gasteiger partial charge in [-0.3, -0.25) is 0 Å². The molecule has 0 aromatic heterocycles. The number of hydrogen-bond donors (Lipinski definition) is 1. The van der Waals surface area contributed by atoms with Gasteiger partial charge in [-0.05, 0) is 41.3 Å². The Morgan fingerprint density at radius 1 is 0.708 bits per heavy atom. The van der Waals surface area contributed by atoms with E-state index in [0.29, 0.717) is 0 Å². The zero-order valence-electron chi connectivity index (χ0n) is 13.2. The highest BCUT2D eigenvalue weighted by Gasteiger charge is 2.03. The average molecular weight is 307 g/mol. The number of benzene rings is 3. The van der Waals surface area contributed by atoms with Crippen molar-refractivity contribution in [2.75, 3.05) is 5.32 Å². The number of hydrogen-bond acceptors (Lipinski definition) is 1. The molecule has 0 radical (unpaired) electrons. The number of anilines is 1. The number of rotatable bonds is 3. The summed E-state index contributed by atoms with van der Waals surface area (Å²) < 4.78 is 0. The highest BCUT2D eigenvalue weighted by molar-refractivity contribution is 5.94. The number of nitrogens with one attached hydrogen (secondary N) is 1. The first-order chi connectivity index (χ1) is 11.9. The Balaban J connectivity index is 1.61. The number of fused-ring (bicyclic) bond motifs is 1. The van der Waals surface area contributed by atoms with Crippen LogP contribution in [-0.2, 0) is 0 Å². The third-order valence-corrected chi connectivity index (χ3v) is 4.08. The third-order valence-electron chi connectivity index (χ3n) is 4.08. The molecule has 0 spiro atoms. The van der Waals surface area contributed by atoms with Crippen molar-refractivity contribution in [1.29, 1.82) is 0 Å². The Labute approximate surface area is 142 Å². The van der Waals surface area contributed by atoms with Gasteiger partial charge in [0.1, 0.15) is 0 Å². The van der Waals surface area contributed by atoms with Gasteiger partial charge in [0.15, 0.2) is 0 Å². The van der Waals surface area contributed by atoms with Gasteiger partial charge in [-0.15, -0.1) is 5.73 Å². The summed E-state index contributed by atoms with van der Waals surface area (Å²) in [7, 11) is 0. The maximum absolute atomic E-state index is 3.53. The number of allylic oxidation sites excluding steroid dienone is 4. The molecule has 114 valence electrons. The van der Waals surface area contributed by atoms with E-state index in [1.165, 1.54) is 16.3 Å². The van der Waals surface area contributed by atoms with Gasteiger partial charge in [0.05, 0.1) is 0 Å².